The number of hydrogen-bond donors (Lipinski definition) is 0. The van der Waals surface area contributed by atoms with Gasteiger partial charge in [0.1, 0.15) is 18.1 Å². The Hall–Kier alpha value is -1.57. The summed E-state index contributed by atoms with van der Waals surface area (Å²) in [6.07, 6.45) is 28.0. The zero-order valence-corrected chi connectivity index (χ0v) is 20.7. The molecule has 2 nitrogen and oxygen atoms in total. The quantitative estimate of drug-likeness (QED) is 0.157. The highest BCUT2D eigenvalue weighted by molar-refractivity contribution is 5.31. The lowest BCUT2D eigenvalue weighted by atomic mass is 10.1. The Morgan fingerprint density at radius 1 is 0.613 bits per heavy atom. The van der Waals surface area contributed by atoms with E-state index in [9.17, 15) is 0 Å². The molecule has 0 unspecified atom stereocenters. The van der Waals surface area contributed by atoms with Crippen molar-refractivity contribution >= 4 is 0 Å². The summed E-state index contributed by atoms with van der Waals surface area (Å²) < 4.78 is 4.96. The number of aromatic nitrogens is 2. The molecule has 174 valence electrons. The van der Waals surface area contributed by atoms with E-state index in [4.69, 9.17) is 0 Å². The van der Waals surface area contributed by atoms with Crippen LogP contribution in [0.2, 0.25) is 0 Å². The minimum atomic E-state index is 1.17. The molecule has 0 amide bonds. The van der Waals surface area contributed by atoms with Crippen LogP contribution in [-0.4, -0.2) is 4.57 Å². The average molecular weight is 426 g/mol. The van der Waals surface area contributed by atoms with Gasteiger partial charge in [-0.3, -0.25) is 0 Å². The van der Waals surface area contributed by atoms with Crippen molar-refractivity contribution in [1.29, 1.82) is 0 Å². The predicted octanol–water partition coefficient (Wildman–Crippen LogP) is 8.59. The molecule has 2 aromatic rings. The van der Waals surface area contributed by atoms with Gasteiger partial charge < -0.3 is 0 Å². The molecular formula is C29H49N2+. The molecule has 1 aromatic heterocycles. The number of rotatable bonds is 19. The lowest BCUT2D eigenvalue weighted by Gasteiger charge is -2.06. The summed E-state index contributed by atoms with van der Waals surface area (Å²) in [5, 5.41) is 0. The molecule has 0 saturated carbocycles. The van der Waals surface area contributed by atoms with E-state index in [0.717, 1.165) is 0 Å². The molecular weight excluding hydrogens is 376 g/mol. The molecule has 0 aliphatic rings. The van der Waals surface area contributed by atoms with Gasteiger partial charge in [-0.25, -0.2) is 4.57 Å². The summed E-state index contributed by atoms with van der Waals surface area (Å²) >= 11 is 0. The van der Waals surface area contributed by atoms with Crippen molar-refractivity contribution in [3.05, 3.63) is 48.5 Å². The van der Waals surface area contributed by atoms with Crippen molar-refractivity contribution in [2.75, 3.05) is 0 Å². The maximum absolute atomic E-state index is 2.53. The van der Waals surface area contributed by atoms with Crippen molar-refractivity contribution in [3.8, 4) is 5.69 Å². The maximum atomic E-state index is 2.53. The van der Waals surface area contributed by atoms with E-state index in [1.54, 1.807) is 0 Å². The molecule has 0 aliphatic heterocycles. The molecule has 0 aliphatic carbocycles. The third-order valence-electron chi connectivity index (χ3n) is 6.55. The van der Waals surface area contributed by atoms with Crippen molar-refractivity contribution in [1.82, 2.24) is 4.57 Å². The van der Waals surface area contributed by atoms with E-state index in [1.807, 2.05) is 0 Å². The van der Waals surface area contributed by atoms with Crippen LogP contribution in [0.3, 0.4) is 0 Å². The predicted molar refractivity (Wildman–Crippen MR) is 135 cm³/mol. The molecule has 1 aromatic carbocycles. The Morgan fingerprint density at radius 2 is 1.13 bits per heavy atom. The van der Waals surface area contributed by atoms with E-state index in [-0.39, 0.29) is 0 Å². The molecule has 0 atom stereocenters. The van der Waals surface area contributed by atoms with E-state index >= 15 is 0 Å². The third kappa shape index (κ3) is 10.5. The second kappa shape index (κ2) is 17.0. The first-order valence-corrected chi connectivity index (χ1v) is 13.5. The number of hydrogen-bond acceptors (Lipinski definition) is 0. The number of unbranched alkanes of at least 4 members (excludes halogenated alkanes) is 14. The fourth-order valence-electron chi connectivity index (χ4n) is 4.58. The van der Waals surface area contributed by atoms with Gasteiger partial charge in [0.05, 0.1) is 6.54 Å². The number of nitrogens with zero attached hydrogens (tertiary/aromatic N) is 2. The van der Waals surface area contributed by atoms with Gasteiger partial charge in [-0.05, 0) is 31.4 Å². The summed E-state index contributed by atoms with van der Waals surface area (Å²) in [4.78, 5) is 0. The normalized spacial score (nSPS) is 11.3. The molecule has 0 radical (unpaired) electrons. The molecule has 2 heteroatoms. The van der Waals surface area contributed by atoms with Gasteiger partial charge >= 0.3 is 0 Å². The number of benzene rings is 1. The van der Waals surface area contributed by atoms with Crippen LogP contribution in [0.5, 0.6) is 0 Å². The smallest absolute Gasteiger partial charge is 0.234 e. The Morgan fingerprint density at radius 3 is 1.71 bits per heavy atom. The molecule has 31 heavy (non-hydrogen) atoms. The van der Waals surface area contributed by atoms with Crippen molar-refractivity contribution in [2.24, 2.45) is 0 Å². The largest absolute Gasteiger partial charge is 0.261 e. The second-order valence-corrected chi connectivity index (χ2v) is 9.31. The Balaban J connectivity index is 1.80. The van der Waals surface area contributed by atoms with Crippen LogP contribution in [0, 0.1) is 0 Å². The van der Waals surface area contributed by atoms with Crippen LogP contribution in [0.4, 0.5) is 0 Å². The van der Waals surface area contributed by atoms with Gasteiger partial charge in [0, 0.05) is 6.42 Å². The topological polar surface area (TPSA) is 8.81 Å². The highest BCUT2D eigenvalue weighted by Crippen LogP contribution is 2.15. The molecule has 0 fully saturated rings. The Labute approximate surface area is 193 Å². The fraction of sp³-hybridized carbons (Fsp3) is 0.690. The van der Waals surface area contributed by atoms with Gasteiger partial charge in [0.2, 0.25) is 0 Å². The monoisotopic (exact) mass is 425 g/mol. The summed E-state index contributed by atoms with van der Waals surface area (Å²) in [6, 6.07) is 10.9. The van der Waals surface area contributed by atoms with Crippen LogP contribution < -0.4 is 4.57 Å². The van der Waals surface area contributed by atoms with Crippen molar-refractivity contribution < 1.29 is 4.57 Å². The van der Waals surface area contributed by atoms with E-state index < -0.39 is 0 Å². The van der Waals surface area contributed by atoms with Crippen molar-refractivity contribution in [3.63, 3.8) is 0 Å². The summed E-state index contributed by atoms with van der Waals surface area (Å²) in [6.45, 7) is 5.76. The maximum Gasteiger partial charge on any atom is 0.261 e. The fourth-order valence-corrected chi connectivity index (χ4v) is 4.58. The Kier molecular flexibility index (Phi) is 14.1. The van der Waals surface area contributed by atoms with Crippen LogP contribution in [-0.2, 0) is 13.0 Å². The molecule has 2 rings (SSSR count). The molecule has 0 spiro atoms. The standard InChI is InChI=1S/C29H49N2/c1-3-5-7-9-11-13-15-20-24-29-30(25-21-16-14-12-10-8-6-4-2)26-27-31(29)28-22-18-17-19-23-28/h17-19,22-23,26-27H,3-16,20-21,24-25H2,1-2H3/q+1. The third-order valence-corrected chi connectivity index (χ3v) is 6.55. The SMILES string of the molecule is CCCCCCCCCCc1n(-c2ccccc2)cc[n+]1CCCCCCCCCC. The highest BCUT2D eigenvalue weighted by Gasteiger charge is 2.18. The first-order chi connectivity index (χ1) is 15.4. The zero-order valence-electron chi connectivity index (χ0n) is 20.7. The lowest BCUT2D eigenvalue weighted by molar-refractivity contribution is -0.704. The van der Waals surface area contributed by atoms with E-state index in [1.165, 1.54) is 127 Å². The first kappa shape index (κ1) is 25.7. The minimum absolute atomic E-state index is 1.17. The van der Waals surface area contributed by atoms with Gasteiger partial charge in [-0.1, -0.05) is 116 Å². The number of para-hydroxylation sites is 1. The molecule has 0 N–H and O–H groups in total. The van der Waals surface area contributed by atoms with Crippen molar-refractivity contribution in [2.45, 2.75) is 130 Å². The number of aryl methyl sites for hydroxylation is 1. The van der Waals surface area contributed by atoms with Crippen LogP contribution >= 0.6 is 0 Å². The Bertz CT molecular complexity index is 659. The lowest BCUT2D eigenvalue weighted by Crippen LogP contribution is -2.37. The summed E-state index contributed by atoms with van der Waals surface area (Å²) in [7, 11) is 0. The molecule has 0 saturated heterocycles. The summed E-state index contributed by atoms with van der Waals surface area (Å²) in [5.41, 5.74) is 1.30. The first-order valence-electron chi connectivity index (χ1n) is 13.5. The number of imidazole rings is 1. The van der Waals surface area contributed by atoms with Gasteiger partial charge in [-0.15, -0.1) is 0 Å². The van der Waals surface area contributed by atoms with Crippen LogP contribution in [0.15, 0.2) is 42.7 Å². The average Bonchev–Trinajstić information content (AvgIpc) is 3.20. The van der Waals surface area contributed by atoms with Gasteiger partial charge in [-0.2, -0.15) is 4.57 Å². The van der Waals surface area contributed by atoms with Crippen LogP contribution in [0.25, 0.3) is 5.69 Å². The second-order valence-electron chi connectivity index (χ2n) is 9.31. The van der Waals surface area contributed by atoms with Gasteiger partial charge in [0.15, 0.2) is 0 Å². The highest BCUT2D eigenvalue weighted by atomic mass is 15.1. The summed E-state index contributed by atoms with van der Waals surface area (Å²) in [5.74, 6) is 1.49. The molecule has 1 heterocycles. The van der Waals surface area contributed by atoms with Crippen LogP contribution in [0.1, 0.15) is 122 Å². The van der Waals surface area contributed by atoms with E-state index in [0.29, 0.717) is 0 Å². The molecule has 0 bridgehead atoms. The van der Waals surface area contributed by atoms with E-state index in [2.05, 4.69) is 65.7 Å². The zero-order chi connectivity index (χ0) is 22.0. The minimum Gasteiger partial charge on any atom is -0.234 e. The van der Waals surface area contributed by atoms with Gasteiger partial charge in [0.25, 0.3) is 5.82 Å².